The van der Waals surface area contributed by atoms with Crippen LogP contribution in [0, 0.1) is 5.82 Å². The number of hydrogen-bond acceptors (Lipinski definition) is 5. The largest absolute Gasteiger partial charge is 0.489 e. The summed E-state index contributed by atoms with van der Waals surface area (Å²) in [5.74, 6) is 0.902. The number of benzene rings is 1. The van der Waals surface area contributed by atoms with Crippen LogP contribution in [0.3, 0.4) is 0 Å². The van der Waals surface area contributed by atoms with Gasteiger partial charge in [0.15, 0.2) is 11.1 Å². The second kappa shape index (κ2) is 12.0. The van der Waals surface area contributed by atoms with Gasteiger partial charge in [0.2, 0.25) is 0 Å². The van der Waals surface area contributed by atoms with Crippen molar-refractivity contribution in [2.24, 2.45) is 4.99 Å². The van der Waals surface area contributed by atoms with Crippen LogP contribution in [0.4, 0.5) is 9.52 Å². The van der Waals surface area contributed by atoms with Crippen LogP contribution in [-0.2, 0) is 6.54 Å². The van der Waals surface area contributed by atoms with Crippen LogP contribution in [0.25, 0.3) is 0 Å². The highest BCUT2D eigenvalue weighted by atomic mass is 127. The zero-order valence-electron chi connectivity index (χ0n) is 16.0. The number of nitrogens with one attached hydrogen (secondary N) is 2. The predicted molar refractivity (Wildman–Crippen MR) is 121 cm³/mol. The number of hydrogen-bond donors (Lipinski definition) is 2. The third-order valence-electron chi connectivity index (χ3n) is 3.36. The Kier molecular flexibility index (Phi) is 10.4. The molecule has 0 spiro atoms. The second-order valence-electron chi connectivity index (χ2n) is 5.98. The molecule has 6 nitrogen and oxygen atoms in total. The highest BCUT2D eigenvalue weighted by Crippen LogP contribution is 2.18. The van der Waals surface area contributed by atoms with Gasteiger partial charge < -0.3 is 20.3 Å². The summed E-state index contributed by atoms with van der Waals surface area (Å²) in [6.45, 7) is 5.73. The van der Waals surface area contributed by atoms with Gasteiger partial charge in [0.25, 0.3) is 0 Å². The lowest BCUT2D eigenvalue weighted by molar-refractivity contribution is 0.223. The molecule has 0 aliphatic carbocycles. The van der Waals surface area contributed by atoms with Gasteiger partial charge in [0, 0.05) is 32.1 Å². The highest BCUT2D eigenvalue weighted by molar-refractivity contribution is 14.0. The van der Waals surface area contributed by atoms with Gasteiger partial charge in [-0.1, -0.05) is 6.07 Å². The van der Waals surface area contributed by atoms with E-state index in [1.807, 2.05) is 38.2 Å². The first-order valence-electron chi connectivity index (χ1n) is 8.54. The van der Waals surface area contributed by atoms with Crippen LogP contribution in [0.2, 0.25) is 0 Å². The predicted octanol–water partition coefficient (Wildman–Crippen LogP) is 3.49. The van der Waals surface area contributed by atoms with E-state index in [-0.39, 0.29) is 35.9 Å². The van der Waals surface area contributed by atoms with Gasteiger partial charge in [-0.2, -0.15) is 0 Å². The van der Waals surface area contributed by atoms with Gasteiger partial charge in [-0.3, -0.25) is 0 Å². The molecule has 27 heavy (non-hydrogen) atoms. The Hall–Kier alpha value is -1.62. The van der Waals surface area contributed by atoms with Crippen molar-refractivity contribution in [2.45, 2.75) is 26.5 Å². The fraction of sp³-hybridized carbons (Fsp3) is 0.444. The van der Waals surface area contributed by atoms with Crippen molar-refractivity contribution in [1.29, 1.82) is 0 Å². The Morgan fingerprint density at radius 1 is 1.37 bits per heavy atom. The molecule has 2 rings (SSSR count). The summed E-state index contributed by atoms with van der Waals surface area (Å²) < 4.78 is 18.9. The van der Waals surface area contributed by atoms with Gasteiger partial charge in [-0.25, -0.2) is 14.4 Å². The molecular weight excluding hydrogens is 480 g/mol. The number of halogens is 2. The van der Waals surface area contributed by atoms with E-state index < -0.39 is 0 Å². The molecule has 150 valence electrons. The first-order valence-corrected chi connectivity index (χ1v) is 9.42. The van der Waals surface area contributed by atoms with E-state index in [4.69, 9.17) is 4.74 Å². The van der Waals surface area contributed by atoms with Crippen LogP contribution < -0.4 is 20.3 Å². The zero-order valence-corrected chi connectivity index (χ0v) is 19.2. The Morgan fingerprint density at radius 2 is 2.15 bits per heavy atom. The summed E-state index contributed by atoms with van der Waals surface area (Å²) in [6, 6.07) is 6.14. The van der Waals surface area contributed by atoms with Gasteiger partial charge >= 0.3 is 0 Å². The highest BCUT2D eigenvalue weighted by Gasteiger charge is 2.07. The molecule has 9 heteroatoms. The summed E-state index contributed by atoms with van der Waals surface area (Å²) in [6.07, 6.45) is -0.139. The molecule has 2 N–H and O–H groups in total. The van der Waals surface area contributed by atoms with Crippen LogP contribution in [-0.4, -0.2) is 44.2 Å². The van der Waals surface area contributed by atoms with Crippen LogP contribution in [0.1, 0.15) is 19.5 Å². The third kappa shape index (κ3) is 8.29. The summed E-state index contributed by atoms with van der Waals surface area (Å²) in [4.78, 5) is 11.1. The average Bonchev–Trinajstić information content (AvgIpc) is 3.07. The molecule has 0 fully saturated rings. The maximum absolute atomic E-state index is 13.2. The number of guanidine groups is 1. The molecule has 0 saturated heterocycles. The van der Waals surface area contributed by atoms with E-state index in [0.717, 1.165) is 17.4 Å². The van der Waals surface area contributed by atoms with Crippen molar-refractivity contribution in [3.8, 4) is 5.75 Å². The maximum atomic E-state index is 13.2. The summed E-state index contributed by atoms with van der Waals surface area (Å²) in [5, 5.41) is 9.41. The van der Waals surface area contributed by atoms with Gasteiger partial charge in [0.05, 0.1) is 18.8 Å². The lowest BCUT2D eigenvalue weighted by Crippen LogP contribution is -2.41. The summed E-state index contributed by atoms with van der Waals surface area (Å²) >= 11 is 1.60. The fourth-order valence-electron chi connectivity index (χ4n) is 2.13. The van der Waals surface area contributed by atoms with Crippen molar-refractivity contribution >= 4 is 46.4 Å². The molecule has 0 bridgehead atoms. The van der Waals surface area contributed by atoms with Crippen molar-refractivity contribution in [3.63, 3.8) is 0 Å². The quantitative estimate of drug-likeness (QED) is 0.326. The topological polar surface area (TPSA) is 61.8 Å². The number of nitrogens with zero attached hydrogens (tertiary/aromatic N) is 3. The molecule has 1 aromatic carbocycles. The standard InChI is InChI=1S/C18H26FN5OS.HI/c1-5-20-17(22-11-15-12-26-18(23-15)24(3)4)21-10-13(2)25-16-8-6-7-14(19)9-16;/h6-9,12-13H,5,10-11H2,1-4H3,(H2,20,21,22);1H. The summed E-state index contributed by atoms with van der Waals surface area (Å²) in [7, 11) is 3.94. The number of anilines is 1. The molecule has 2 aromatic rings. The lowest BCUT2D eigenvalue weighted by atomic mass is 10.3. The fourth-order valence-corrected chi connectivity index (χ4v) is 2.88. The maximum Gasteiger partial charge on any atom is 0.191 e. The van der Waals surface area contributed by atoms with Crippen LogP contribution in [0.15, 0.2) is 34.6 Å². The van der Waals surface area contributed by atoms with E-state index in [0.29, 0.717) is 24.8 Å². The first-order chi connectivity index (χ1) is 12.5. The van der Waals surface area contributed by atoms with E-state index >= 15 is 0 Å². The molecule has 0 radical (unpaired) electrons. The van der Waals surface area contributed by atoms with Gasteiger partial charge in [0.1, 0.15) is 17.7 Å². The zero-order chi connectivity index (χ0) is 18.9. The normalized spacial score (nSPS) is 12.1. The molecule has 1 unspecified atom stereocenters. The number of aliphatic imine (C=N–C) groups is 1. The molecule has 0 amide bonds. The number of rotatable bonds is 8. The number of ether oxygens (including phenoxy) is 1. The Bertz CT molecular complexity index is 725. The van der Waals surface area contributed by atoms with Crippen molar-refractivity contribution in [2.75, 3.05) is 32.1 Å². The minimum atomic E-state index is -0.307. The first kappa shape index (κ1) is 23.4. The lowest BCUT2D eigenvalue weighted by Gasteiger charge is -2.17. The van der Waals surface area contributed by atoms with Crippen molar-refractivity contribution in [1.82, 2.24) is 15.6 Å². The minimum absolute atomic E-state index is 0. The van der Waals surface area contributed by atoms with Crippen LogP contribution >= 0.6 is 35.3 Å². The van der Waals surface area contributed by atoms with Crippen molar-refractivity contribution < 1.29 is 9.13 Å². The molecule has 0 aliphatic heterocycles. The molecule has 1 heterocycles. The minimum Gasteiger partial charge on any atom is -0.489 e. The number of thiazole rings is 1. The summed E-state index contributed by atoms with van der Waals surface area (Å²) in [5.41, 5.74) is 0.931. The third-order valence-corrected chi connectivity index (χ3v) is 4.41. The average molecular weight is 507 g/mol. The van der Waals surface area contributed by atoms with E-state index in [2.05, 4.69) is 20.6 Å². The number of aromatic nitrogens is 1. The van der Waals surface area contributed by atoms with Crippen molar-refractivity contribution in [3.05, 3.63) is 41.2 Å². The molecule has 0 aliphatic rings. The smallest absolute Gasteiger partial charge is 0.191 e. The molecule has 1 aromatic heterocycles. The van der Waals surface area contributed by atoms with E-state index in [1.165, 1.54) is 12.1 Å². The van der Waals surface area contributed by atoms with Crippen LogP contribution in [0.5, 0.6) is 5.75 Å². The second-order valence-corrected chi connectivity index (χ2v) is 6.81. The Morgan fingerprint density at radius 3 is 2.78 bits per heavy atom. The molecule has 1 atom stereocenters. The van der Waals surface area contributed by atoms with E-state index in [1.54, 1.807) is 23.5 Å². The van der Waals surface area contributed by atoms with Gasteiger partial charge in [-0.15, -0.1) is 35.3 Å². The molecule has 0 saturated carbocycles. The molecular formula is C18H27FIN5OS. The SMILES string of the molecule is CCNC(=NCc1csc(N(C)C)n1)NCC(C)Oc1cccc(F)c1.I. The van der Waals surface area contributed by atoms with E-state index in [9.17, 15) is 4.39 Å². The van der Waals surface area contributed by atoms with Gasteiger partial charge in [-0.05, 0) is 26.0 Å². The monoisotopic (exact) mass is 507 g/mol. The Balaban J connectivity index is 0.00000364. The Labute approximate surface area is 181 Å².